The van der Waals surface area contributed by atoms with Gasteiger partial charge in [-0.05, 0) is 18.3 Å². The van der Waals surface area contributed by atoms with Gasteiger partial charge in [-0.3, -0.25) is 0 Å². The summed E-state index contributed by atoms with van der Waals surface area (Å²) in [5.74, 6) is 1.52. The molecule has 2 heterocycles. The standard InChI is InChI=1S/C15H26N2OS/c1-10-6-7-17(8-11(10)2)14-16-13(15(3,4)5)12(9-18)19-14/h10-11,18H,6-9H2,1-5H3. The van der Waals surface area contributed by atoms with Gasteiger partial charge in [0.15, 0.2) is 5.13 Å². The van der Waals surface area contributed by atoms with Gasteiger partial charge in [0.2, 0.25) is 0 Å². The van der Waals surface area contributed by atoms with Gasteiger partial charge in [0.1, 0.15) is 0 Å². The third-order valence-electron chi connectivity index (χ3n) is 4.14. The van der Waals surface area contributed by atoms with Crippen molar-refractivity contribution in [2.24, 2.45) is 11.8 Å². The van der Waals surface area contributed by atoms with Crippen molar-refractivity contribution in [1.82, 2.24) is 4.98 Å². The number of aromatic nitrogens is 1. The van der Waals surface area contributed by atoms with E-state index in [0.29, 0.717) is 5.92 Å². The molecule has 4 heteroatoms. The molecule has 1 aromatic heterocycles. The fraction of sp³-hybridized carbons (Fsp3) is 0.800. The molecule has 0 spiro atoms. The molecule has 1 aliphatic rings. The Hall–Kier alpha value is -0.610. The molecule has 0 radical (unpaired) electrons. The van der Waals surface area contributed by atoms with Crippen LogP contribution in [0.1, 0.15) is 51.6 Å². The number of anilines is 1. The zero-order valence-corrected chi connectivity index (χ0v) is 13.5. The van der Waals surface area contributed by atoms with E-state index in [1.54, 1.807) is 11.3 Å². The highest BCUT2D eigenvalue weighted by Gasteiger charge is 2.28. The topological polar surface area (TPSA) is 36.4 Å². The third kappa shape index (κ3) is 3.11. The molecular weight excluding hydrogens is 256 g/mol. The van der Waals surface area contributed by atoms with E-state index in [4.69, 9.17) is 4.98 Å². The summed E-state index contributed by atoms with van der Waals surface area (Å²) in [5.41, 5.74) is 1.06. The average Bonchev–Trinajstić information content (AvgIpc) is 2.76. The van der Waals surface area contributed by atoms with Gasteiger partial charge in [0, 0.05) is 18.5 Å². The number of hydrogen-bond donors (Lipinski definition) is 1. The van der Waals surface area contributed by atoms with Crippen molar-refractivity contribution in [3.63, 3.8) is 0 Å². The number of nitrogens with zero attached hydrogens (tertiary/aromatic N) is 2. The van der Waals surface area contributed by atoms with Crippen LogP contribution in [0.15, 0.2) is 0 Å². The number of rotatable bonds is 2. The number of thiazole rings is 1. The fourth-order valence-corrected chi connectivity index (χ4v) is 3.77. The van der Waals surface area contributed by atoms with Crippen molar-refractivity contribution >= 4 is 16.5 Å². The Morgan fingerprint density at radius 2 is 2.00 bits per heavy atom. The summed E-state index contributed by atoms with van der Waals surface area (Å²) in [4.78, 5) is 8.23. The molecule has 1 fully saturated rings. The van der Waals surface area contributed by atoms with Crippen LogP contribution < -0.4 is 4.90 Å². The van der Waals surface area contributed by atoms with E-state index in [1.165, 1.54) is 6.42 Å². The van der Waals surface area contributed by atoms with Crippen LogP contribution in [0, 0.1) is 11.8 Å². The van der Waals surface area contributed by atoms with Crippen LogP contribution in [0.2, 0.25) is 0 Å². The molecule has 19 heavy (non-hydrogen) atoms. The summed E-state index contributed by atoms with van der Waals surface area (Å²) in [6, 6.07) is 0. The van der Waals surface area contributed by atoms with E-state index in [-0.39, 0.29) is 12.0 Å². The van der Waals surface area contributed by atoms with Crippen molar-refractivity contribution in [3.8, 4) is 0 Å². The predicted octanol–water partition coefficient (Wildman–Crippen LogP) is 3.42. The molecule has 108 valence electrons. The SMILES string of the molecule is CC1CCN(c2nc(C(C)(C)C)c(CO)s2)CC1C. The molecule has 1 N–H and O–H groups in total. The van der Waals surface area contributed by atoms with E-state index >= 15 is 0 Å². The lowest BCUT2D eigenvalue weighted by Crippen LogP contribution is -2.38. The molecule has 2 atom stereocenters. The Morgan fingerprint density at radius 3 is 2.47 bits per heavy atom. The molecule has 2 unspecified atom stereocenters. The van der Waals surface area contributed by atoms with E-state index < -0.39 is 0 Å². The van der Waals surface area contributed by atoms with Crippen LogP contribution in [-0.2, 0) is 12.0 Å². The minimum absolute atomic E-state index is 0.00150. The largest absolute Gasteiger partial charge is 0.391 e. The van der Waals surface area contributed by atoms with Crippen LogP contribution in [0.5, 0.6) is 0 Å². The van der Waals surface area contributed by atoms with E-state index in [2.05, 4.69) is 39.5 Å². The van der Waals surface area contributed by atoms with E-state index in [0.717, 1.165) is 34.7 Å². The molecule has 2 rings (SSSR count). The van der Waals surface area contributed by atoms with Crippen LogP contribution in [0.4, 0.5) is 5.13 Å². The monoisotopic (exact) mass is 282 g/mol. The maximum absolute atomic E-state index is 9.54. The first-order chi connectivity index (χ1) is 8.82. The van der Waals surface area contributed by atoms with Gasteiger partial charge in [-0.2, -0.15) is 0 Å². The molecule has 0 amide bonds. The maximum Gasteiger partial charge on any atom is 0.185 e. The highest BCUT2D eigenvalue weighted by atomic mass is 32.1. The first kappa shape index (κ1) is 14.8. The summed E-state index contributed by atoms with van der Waals surface area (Å²) >= 11 is 1.66. The Bertz CT molecular complexity index is 436. The van der Waals surface area contributed by atoms with Crippen LogP contribution >= 0.6 is 11.3 Å². The lowest BCUT2D eigenvalue weighted by Gasteiger charge is -2.35. The number of aliphatic hydroxyl groups is 1. The molecule has 0 aliphatic carbocycles. The van der Waals surface area contributed by atoms with Crippen LogP contribution in [0.3, 0.4) is 0 Å². The van der Waals surface area contributed by atoms with Gasteiger partial charge in [-0.25, -0.2) is 4.98 Å². The van der Waals surface area contributed by atoms with Gasteiger partial charge >= 0.3 is 0 Å². The van der Waals surface area contributed by atoms with E-state index in [9.17, 15) is 5.11 Å². The molecule has 0 aromatic carbocycles. The Morgan fingerprint density at radius 1 is 1.32 bits per heavy atom. The number of hydrogen-bond acceptors (Lipinski definition) is 4. The second-order valence-electron chi connectivity index (χ2n) is 6.87. The van der Waals surface area contributed by atoms with Gasteiger partial charge in [0.05, 0.1) is 17.2 Å². The Kier molecular flexibility index (Phi) is 4.21. The quantitative estimate of drug-likeness (QED) is 0.903. The number of piperidine rings is 1. The third-order valence-corrected chi connectivity index (χ3v) is 5.25. The molecule has 1 aliphatic heterocycles. The van der Waals surface area contributed by atoms with Crippen LogP contribution in [0.25, 0.3) is 0 Å². The second kappa shape index (κ2) is 5.41. The highest BCUT2D eigenvalue weighted by Crippen LogP contribution is 2.36. The smallest absolute Gasteiger partial charge is 0.185 e. The van der Waals surface area contributed by atoms with E-state index in [1.807, 2.05) is 0 Å². The Labute approximate surface area is 120 Å². The minimum Gasteiger partial charge on any atom is -0.391 e. The highest BCUT2D eigenvalue weighted by molar-refractivity contribution is 7.15. The average molecular weight is 282 g/mol. The van der Waals surface area contributed by atoms with Crippen molar-refractivity contribution in [3.05, 3.63) is 10.6 Å². The van der Waals surface area contributed by atoms with Gasteiger partial charge in [0.25, 0.3) is 0 Å². The summed E-state index contributed by atoms with van der Waals surface area (Å²) in [6.07, 6.45) is 1.24. The molecule has 1 aromatic rings. The summed E-state index contributed by atoms with van der Waals surface area (Å²) in [5, 5.41) is 10.6. The fourth-order valence-electron chi connectivity index (χ4n) is 2.60. The summed E-state index contributed by atoms with van der Waals surface area (Å²) < 4.78 is 0. The molecule has 1 saturated heterocycles. The zero-order valence-electron chi connectivity index (χ0n) is 12.7. The first-order valence-corrected chi connectivity index (χ1v) is 8.00. The molecule has 0 saturated carbocycles. The summed E-state index contributed by atoms with van der Waals surface area (Å²) in [7, 11) is 0. The van der Waals surface area contributed by atoms with Crippen molar-refractivity contribution < 1.29 is 5.11 Å². The van der Waals surface area contributed by atoms with Crippen molar-refractivity contribution in [2.45, 2.75) is 53.1 Å². The van der Waals surface area contributed by atoms with Gasteiger partial charge in [-0.15, -0.1) is 0 Å². The summed E-state index contributed by atoms with van der Waals surface area (Å²) in [6.45, 7) is 13.4. The first-order valence-electron chi connectivity index (χ1n) is 7.19. The lowest BCUT2D eigenvalue weighted by molar-refractivity contribution is 0.282. The van der Waals surface area contributed by atoms with Crippen molar-refractivity contribution in [1.29, 1.82) is 0 Å². The van der Waals surface area contributed by atoms with Gasteiger partial charge in [-0.1, -0.05) is 46.0 Å². The molecular formula is C15H26N2OS. The second-order valence-corrected chi connectivity index (χ2v) is 7.93. The predicted molar refractivity (Wildman–Crippen MR) is 81.9 cm³/mol. The number of aliphatic hydroxyl groups excluding tert-OH is 1. The zero-order chi connectivity index (χ0) is 14.2. The van der Waals surface area contributed by atoms with Crippen LogP contribution in [-0.4, -0.2) is 23.2 Å². The molecule has 3 nitrogen and oxygen atoms in total. The molecule has 0 bridgehead atoms. The Balaban J connectivity index is 2.24. The lowest BCUT2D eigenvalue weighted by atomic mass is 9.89. The normalized spacial score (nSPS) is 24.8. The minimum atomic E-state index is 0.00150. The maximum atomic E-state index is 9.54. The van der Waals surface area contributed by atoms with Crippen molar-refractivity contribution in [2.75, 3.05) is 18.0 Å². The van der Waals surface area contributed by atoms with Gasteiger partial charge < -0.3 is 10.0 Å².